The number of nitro benzene ring substituents is 1. The standard InChI is InChI=1S/C20H31NO4/c1-17(2,3)20(18(4,5)6,19(7,8)9)25-16(22)14-10-12-15(13-11-14)21(23)24/h10-13H,1-9H3. The van der Waals surface area contributed by atoms with Gasteiger partial charge in [-0.1, -0.05) is 62.3 Å². The minimum atomic E-state index is -0.758. The highest BCUT2D eigenvalue weighted by molar-refractivity contribution is 5.90. The largest absolute Gasteiger partial charge is 0.454 e. The Morgan fingerprint density at radius 3 is 1.48 bits per heavy atom. The molecule has 1 rings (SSSR count). The molecule has 0 unspecified atom stereocenters. The first-order valence-corrected chi connectivity index (χ1v) is 8.52. The van der Waals surface area contributed by atoms with Crippen molar-refractivity contribution in [1.29, 1.82) is 0 Å². The van der Waals surface area contributed by atoms with Gasteiger partial charge in [0, 0.05) is 28.4 Å². The molecule has 0 aliphatic carbocycles. The van der Waals surface area contributed by atoms with E-state index in [9.17, 15) is 14.9 Å². The third-order valence-electron chi connectivity index (χ3n) is 4.73. The topological polar surface area (TPSA) is 69.4 Å². The van der Waals surface area contributed by atoms with Gasteiger partial charge in [0.1, 0.15) is 5.60 Å². The highest BCUT2D eigenvalue weighted by atomic mass is 16.6. The van der Waals surface area contributed by atoms with E-state index < -0.39 is 16.5 Å². The van der Waals surface area contributed by atoms with Gasteiger partial charge in [-0.3, -0.25) is 10.1 Å². The second kappa shape index (κ2) is 6.43. The molecule has 0 aliphatic heterocycles. The number of benzene rings is 1. The molecule has 0 fully saturated rings. The van der Waals surface area contributed by atoms with Gasteiger partial charge < -0.3 is 4.74 Å². The first-order chi connectivity index (χ1) is 11.0. The summed E-state index contributed by atoms with van der Waals surface area (Å²) in [5.41, 5.74) is -1.45. The van der Waals surface area contributed by atoms with Crippen molar-refractivity contribution < 1.29 is 14.5 Å². The lowest BCUT2D eigenvalue weighted by molar-refractivity contribution is -0.384. The quantitative estimate of drug-likeness (QED) is 0.403. The molecule has 0 saturated carbocycles. The smallest absolute Gasteiger partial charge is 0.338 e. The monoisotopic (exact) mass is 349 g/mol. The van der Waals surface area contributed by atoms with E-state index >= 15 is 0 Å². The minimum Gasteiger partial charge on any atom is -0.454 e. The molecule has 0 heterocycles. The van der Waals surface area contributed by atoms with E-state index in [0.29, 0.717) is 5.56 Å². The zero-order valence-electron chi connectivity index (χ0n) is 16.9. The van der Waals surface area contributed by atoms with Crippen LogP contribution in [0.5, 0.6) is 0 Å². The Balaban J connectivity index is 3.40. The molecule has 25 heavy (non-hydrogen) atoms. The highest BCUT2D eigenvalue weighted by Crippen LogP contribution is 2.56. The van der Waals surface area contributed by atoms with Crippen LogP contribution in [0.4, 0.5) is 5.69 Å². The van der Waals surface area contributed by atoms with E-state index in [-0.39, 0.29) is 21.9 Å². The van der Waals surface area contributed by atoms with Crippen LogP contribution in [0.1, 0.15) is 72.7 Å². The zero-order chi connectivity index (χ0) is 19.8. The van der Waals surface area contributed by atoms with Crippen molar-refractivity contribution in [3.8, 4) is 0 Å². The summed E-state index contributed by atoms with van der Waals surface area (Å²) in [7, 11) is 0. The first-order valence-electron chi connectivity index (χ1n) is 8.52. The summed E-state index contributed by atoms with van der Waals surface area (Å²) in [6, 6.07) is 5.53. The Morgan fingerprint density at radius 2 is 1.20 bits per heavy atom. The van der Waals surface area contributed by atoms with Crippen LogP contribution in [0.3, 0.4) is 0 Å². The summed E-state index contributed by atoms with van der Waals surface area (Å²) < 4.78 is 6.21. The summed E-state index contributed by atoms with van der Waals surface area (Å²) in [4.78, 5) is 23.2. The Morgan fingerprint density at radius 1 is 0.840 bits per heavy atom. The molecule has 0 aliphatic rings. The van der Waals surface area contributed by atoms with Crippen LogP contribution >= 0.6 is 0 Å². The predicted molar refractivity (Wildman–Crippen MR) is 99.6 cm³/mol. The fourth-order valence-electron chi connectivity index (χ4n) is 4.75. The van der Waals surface area contributed by atoms with Crippen molar-refractivity contribution in [2.45, 2.75) is 67.9 Å². The van der Waals surface area contributed by atoms with Crippen molar-refractivity contribution in [1.82, 2.24) is 0 Å². The number of nitrogens with zero attached hydrogens (tertiary/aromatic N) is 1. The maximum absolute atomic E-state index is 12.9. The summed E-state index contributed by atoms with van der Waals surface area (Å²) in [6.45, 7) is 18.7. The van der Waals surface area contributed by atoms with Crippen LogP contribution in [0.15, 0.2) is 24.3 Å². The molecule has 1 aromatic rings. The average molecular weight is 349 g/mol. The summed E-state index contributed by atoms with van der Waals surface area (Å²) in [5.74, 6) is -0.463. The molecule has 5 nitrogen and oxygen atoms in total. The van der Waals surface area contributed by atoms with E-state index in [2.05, 4.69) is 62.3 Å². The van der Waals surface area contributed by atoms with E-state index in [0.717, 1.165) is 0 Å². The number of hydrogen-bond acceptors (Lipinski definition) is 4. The maximum Gasteiger partial charge on any atom is 0.338 e. The molecule has 0 atom stereocenters. The van der Waals surface area contributed by atoms with E-state index in [1.54, 1.807) is 0 Å². The summed E-state index contributed by atoms with van der Waals surface area (Å²) in [5, 5.41) is 10.8. The summed E-state index contributed by atoms with van der Waals surface area (Å²) in [6.07, 6.45) is 0. The summed E-state index contributed by atoms with van der Waals surface area (Å²) >= 11 is 0. The van der Waals surface area contributed by atoms with Crippen LogP contribution in [0, 0.1) is 26.4 Å². The number of nitro groups is 1. The third kappa shape index (κ3) is 3.86. The van der Waals surface area contributed by atoms with Crippen molar-refractivity contribution >= 4 is 11.7 Å². The zero-order valence-corrected chi connectivity index (χ0v) is 16.9. The van der Waals surface area contributed by atoms with Gasteiger partial charge in [0.2, 0.25) is 0 Å². The Labute approximate surface area is 150 Å². The third-order valence-corrected chi connectivity index (χ3v) is 4.73. The van der Waals surface area contributed by atoms with Gasteiger partial charge in [-0.2, -0.15) is 0 Å². The number of non-ortho nitro benzene ring substituents is 1. The molecule has 1 aromatic carbocycles. The number of rotatable bonds is 3. The van der Waals surface area contributed by atoms with E-state index in [1.807, 2.05) is 0 Å². The molecule has 140 valence electrons. The molecule has 0 spiro atoms. The van der Waals surface area contributed by atoms with Crippen LogP contribution < -0.4 is 0 Å². The molecular formula is C20H31NO4. The number of carbonyl (C=O) groups excluding carboxylic acids is 1. The molecule has 0 amide bonds. The first kappa shape index (κ1) is 21.1. The molecule has 0 N–H and O–H groups in total. The van der Waals surface area contributed by atoms with Gasteiger partial charge in [-0.25, -0.2) is 4.79 Å². The normalized spacial score (nSPS) is 13.5. The molecule has 5 heteroatoms. The molecule has 0 radical (unpaired) electrons. The fourth-order valence-corrected chi connectivity index (χ4v) is 4.75. The number of carbonyl (C=O) groups is 1. The number of ether oxygens (including phenoxy) is 1. The van der Waals surface area contributed by atoms with Gasteiger partial charge in [0.25, 0.3) is 5.69 Å². The Hall–Kier alpha value is -1.91. The van der Waals surface area contributed by atoms with Crippen molar-refractivity contribution in [2.24, 2.45) is 16.2 Å². The number of esters is 1. The van der Waals surface area contributed by atoms with Crippen LogP contribution in [-0.4, -0.2) is 16.5 Å². The predicted octanol–water partition coefficient (Wildman–Crippen LogP) is 5.63. The van der Waals surface area contributed by atoms with E-state index in [1.165, 1.54) is 24.3 Å². The molecule has 0 bridgehead atoms. The lowest BCUT2D eigenvalue weighted by Crippen LogP contribution is -2.63. The fraction of sp³-hybridized carbons (Fsp3) is 0.650. The van der Waals surface area contributed by atoms with Gasteiger partial charge >= 0.3 is 5.97 Å². The van der Waals surface area contributed by atoms with E-state index in [4.69, 9.17) is 4.74 Å². The van der Waals surface area contributed by atoms with Gasteiger partial charge in [-0.15, -0.1) is 0 Å². The Bertz CT molecular complexity index is 604. The second-order valence-electron chi connectivity index (χ2n) is 9.62. The molecule has 0 aromatic heterocycles. The SMILES string of the molecule is CC(C)(C)C(OC(=O)c1ccc([N+](=O)[O-])cc1)(C(C)(C)C)C(C)(C)C. The van der Waals surface area contributed by atoms with Crippen molar-refractivity contribution in [3.63, 3.8) is 0 Å². The van der Waals surface area contributed by atoms with Gasteiger partial charge in [-0.05, 0) is 12.1 Å². The average Bonchev–Trinajstić information content (AvgIpc) is 2.40. The number of hydrogen-bond donors (Lipinski definition) is 0. The van der Waals surface area contributed by atoms with Crippen LogP contribution in [0.2, 0.25) is 0 Å². The Kier molecular flexibility index (Phi) is 5.44. The van der Waals surface area contributed by atoms with Crippen LogP contribution in [-0.2, 0) is 4.74 Å². The van der Waals surface area contributed by atoms with Crippen molar-refractivity contribution in [2.75, 3.05) is 0 Å². The molecular weight excluding hydrogens is 318 g/mol. The van der Waals surface area contributed by atoms with Crippen LogP contribution in [0.25, 0.3) is 0 Å². The second-order valence-corrected chi connectivity index (χ2v) is 9.62. The van der Waals surface area contributed by atoms with Gasteiger partial charge in [0.15, 0.2) is 0 Å². The minimum absolute atomic E-state index is 0.0507. The van der Waals surface area contributed by atoms with Crippen molar-refractivity contribution in [3.05, 3.63) is 39.9 Å². The highest BCUT2D eigenvalue weighted by Gasteiger charge is 2.60. The maximum atomic E-state index is 12.9. The van der Waals surface area contributed by atoms with Gasteiger partial charge in [0.05, 0.1) is 10.5 Å². The lowest BCUT2D eigenvalue weighted by Gasteiger charge is -2.59. The lowest BCUT2D eigenvalue weighted by atomic mass is 9.52. The molecule has 0 saturated heterocycles.